The Balaban J connectivity index is 2.07. The second-order valence-corrected chi connectivity index (χ2v) is 6.80. The summed E-state index contributed by atoms with van der Waals surface area (Å²) in [5.74, 6) is -1.54. The molecule has 4 N–H and O–H groups in total. The summed E-state index contributed by atoms with van der Waals surface area (Å²) >= 11 is 0. The molecule has 2 aromatic rings. The van der Waals surface area contributed by atoms with E-state index in [0.717, 1.165) is 23.8 Å². The van der Waals surface area contributed by atoms with Gasteiger partial charge in [0.15, 0.2) is 0 Å². The van der Waals surface area contributed by atoms with E-state index in [4.69, 9.17) is 9.84 Å². The van der Waals surface area contributed by atoms with E-state index < -0.39 is 29.9 Å². The largest absolute Gasteiger partial charge is 0.465 e. The fourth-order valence-electron chi connectivity index (χ4n) is 3.06. The Bertz CT molecular complexity index is 800. The highest BCUT2D eigenvalue weighted by Crippen LogP contribution is 2.15. The highest BCUT2D eigenvalue weighted by Gasteiger charge is 2.23. The molecule has 162 valence electrons. The second kappa shape index (κ2) is 12.0. The molecule has 30 heavy (non-hydrogen) atoms. The monoisotopic (exact) mass is 420 g/mol. The Morgan fingerprint density at radius 3 is 2.43 bits per heavy atom. The molecule has 3 atom stereocenters. The first-order valence-corrected chi connectivity index (χ1v) is 9.48. The first-order valence-electron chi connectivity index (χ1n) is 9.48. The Hall–Kier alpha value is -2.81. The van der Waals surface area contributed by atoms with Crippen LogP contribution in [0.3, 0.4) is 0 Å². The maximum Gasteiger partial charge on any atom is 0.404 e. The standard InChI is InChI=1S/C22H26F2N2O4/c1-2-8-30-14-20(16-6-4-3-5-7-16)25-13-21(27)19(26-22(28)29)11-15-9-17(23)12-18(24)10-15/h2-7,9-10,12,19-21,25-27H,1,8,11,13-14H2,(H,28,29)/t19-,20-,21+/m0/s1. The Labute approximate surface area is 174 Å². The summed E-state index contributed by atoms with van der Waals surface area (Å²) in [7, 11) is 0. The van der Waals surface area contributed by atoms with Gasteiger partial charge in [-0.25, -0.2) is 13.6 Å². The van der Waals surface area contributed by atoms with Gasteiger partial charge in [0.05, 0.1) is 31.4 Å². The number of hydrogen-bond donors (Lipinski definition) is 4. The number of halogens is 2. The van der Waals surface area contributed by atoms with Gasteiger partial charge < -0.3 is 25.6 Å². The molecule has 0 aliphatic rings. The van der Waals surface area contributed by atoms with E-state index in [1.54, 1.807) is 6.08 Å². The quantitative estimate of drug-likeness (QED) is 0.313. The number of nitrogens with one attached hydrogen (secondary N) is 2. The van der Waals surface area contributed by atoms with Crippen molar-refractivity contribution in [3.05, 3.63) is 83.9 Å². The van der Waals surface area contributed by atoms with Gasteiger partial charge in [-0.05, 0) is 29.7 Å². The van der Waals surface area contributed by atoms with Gasteiger partial charge >= 0.3 is 6.09 Å². The van der Waals surface area contributed by atoms with Crippen LogP contribution in [0, 0.1) is 11.6 Å². The summed E-state index contributed by atoms with van der Waals surface area (Å²) < 4.78 is 32.4. The molecule has 0 fully saturated rings. The van der Waals surface area contributed by atoms with Crippen molar-refractivity contribution in [2.24, 2.45) is 0 Å². The van der Waals surface area contributed by atoms with E-state index >= 15 is 0 Å². The van der Waals surface area contributed by atoms with Crippen LogP contribution in [0.5, 0.6) is 0 Å². The summed E-state index contributed by atoms with van der Waals surface area (Å²) in [6.45, 7) is 4.31. The molecule has 2 aromatic carbocycles. The second-order valence-electron chi connectivity index (χ2n) is 6.80. The zero-order valence-corrected chi connectivity index (χ0v) is 16.4. The molecule has 0 aliphatic carbocycles. The van der Waals surface area contributed by atoms with Crippen molar-refractivity contribution in [1.82, 2.24) is 10.6 Å². The van der Waals surface area contributed by atoms with Gasteiger partial charge in [-0.3, -0.25) is 0 Å². The molecule has 0 unspecified atom stereocenters. The van der Waals surface area contributed by atoms with Crippen molar-refractivity contribution in [3.8, 4) is 0 Å². The third-order valence-electron chi connectivity index (χ3n) is 4.45. The highest BCUT2D eigenvalue weighted by atomic mass is 19.1. The average Bonchev–Trinajstić information content (AvgIpc) is 2.69. The SMILES string of the molecule is C=CCOC[C@H](NC[C@@H](O)[C@H](Cc1cc(F)cc(F)c1)NC(=O)O)c1ccccc1. The van der Waals surface area contributed by atoms with Crippen LogP contribution in [0.4, 0.5) is 13.6 Å². The van der Waals surface area contributed by atoms with Crippen molar-refractivity contribution in [3.63, 3.8) is 0 Å². The molecule has 0 aliphatic heterocycles. The molecule has 6 nitrogen and oxygen atoms in total. The van der Waals surface area contributed by atoms with Gasteiger partial charge in [-0.15, -0.1) is 6.58 Å². The lowest BCUT2D eigenvalue weighted by Gasteiger charge is -2.26. The fourth-order valence-corrected chi connectivity index (χ4v) is 3.06. The molecule has 2 rings (SSSR count). The minimum atomic E-state index is -1.34. The molecule has 1 amide bonds. The van der Waals surface area contributed by atoms with E-state index in [9.17, 15) is 18.7 Å². The Morgan fingerprint density at radius 1 is 1.17 bits per heavy atom. The number of carbonyl (C=O) groups is 1. The van der Waals surface area contributed by atoms with Crippen LogP contribution in [-0.2, 0) is 11.2 Å². The lowest BCUT2D eigenvalue weighted by Crippen LogP contribution is -2.49. The molecule has 0 bridgehead atoms. The molecule has 8 heteroatoms. The van der Waals surface area contributed by atoms with E-state index in [0.29, 0.717) is 13.2 Å². The minimum absolute atomic E-state index is 0.0275. The maximum absolute atomic E-state index is 13.5. The minimum Gasteiger partial charge on any atom is -0.465 e. The van der Waals surface area contributed by atoms with E-state index in [-0.39, 0.29) is 24.6 Å². The fraction of sp³-hybridized carbons (Fsp3) is 0.318. The summed E-state index contributed by atoms with van der Waals surface area (Å²) in [4.78, 5) is 11.2. The van der Waals surface area contributed by atoms with Crippen LogP contribution in [0.25, 0.3) is 0 Å². The van der Waals surface area contributed by atoms with Crippen LogP contribution in [0.1, 0.15) is 17.2 Å². The van der Waals surface area contributed by atoms with Crippen LogP contribution >= 0.6 is 0 Å². The predicted octanol–water partition coefficient (Wildman–Crippen LogP) is 3.04. The smallest absolute Gasteiger partial charge is 0.404 e. The summed E-state index contributed by atoms with van der Waals surface area (Å²) in [5, 5.41) is 25.1. The van der Waals surface area contributed by atoms with E-state index in [1.165, 1.54) is 0 Å². The average molecular weight is 420 g/mol. The van der Waals surface area contributed by atoms with Gasteiger partial charge in [0.1, 0.15) is 11.6 Å². The van der Waals surface area contributed by atoms with Crippen molar-refractivity contribution < 1.29 is 28.5 Å². The van der Waals surface area contributed by atoms with Gasteiger partial charge in [-0.2, -0.15) is 0 Å². The van der Waals surface area contributed by atoms with Gasteiger partial charge in [0, 0.05) is 12.6 Å². The molecule has 0 saturated heterocycles. The van der Waals surface area contributed by atoms with Crippen LogP contribution in [-0.4, -0.2) is 48.2 Å². The number of aliphatic hydroxyl groups is 1. The van der Waals surface area contributed by atoms with Crippen molar-refractivity contribution in [2.75, 3.05) is 19.8 Å². The number of aliphatic hydroxyl groups excluding tert-OH is 1. The van der Waals surface area contributed by atoms with Crippen LogP contribution in [0.2, 0.25) is 0 Å². The van der Waals surface area contributed by atoms with Gasteiger partial charge in [0.2, 0.25) is 0 Å². The molecule has 0 radical (unpaired) electrons. The van der Waals surface area contributed by atoms with Crippen molar-refractivity contribution in [1.29, 1.82) is 0 Å². The number of benzene rings is 2. The Kier molecular flexibility index (Phi) is 9.40. The van der Waals surface area contributed by atoms with E-state index in [1.807, 2.05) is 30.3 Å². The Morgan fingerprint density at radius 2 is 1.83 bits per heavy atom. The zero-order chi connectivity index (χ0) is 21.9. The molecule has 0 spiro atoms. The first kappa shape index (κ1) is 23.5. The van der Waals surface area contributed by atoms with Gasteiger partial charge in [0.25, 0.3) is 0 Å². The van der Waals surface area contributed by atoms with Crippen LogP contribution in [0.15, 0.2) is 61.2 Å². The number of hydrogen-bond acceptors (Lipinski definition) is 4. The summed E-state index contributed by atoms with van der Waals surface area (Å²) in [6.07, 6.45) is -0.947. The van der Waals surface area contributed by atoms with Crippen LogP contribution < -0.4 is 10.6 Å². The lowest BCUT2D eigenvalue weighted by atomic mass is 10.00. The topological polar surface area (TPSA) is 90.8 Å². The third-order valence-corrected chi connectivity index (χ3v) is 4.45. The van der Waals surface area contributed by atoms with Crippen molar-refractivity contribution >= 4 is 6.09 Å². The van der Waals surface area contributed by atoms with Gasteiger partial charge in [-0.1, -0.05) is 36.4 Å². The number of amides is 1. The maximum atomic E-state index is 13.5. The molecular formula is C22H26F2N2O4. The predicted molar refractivity (Wildman–Crippen MR) is 109 cm³/mol. The molecule has 0 heterocycles. The molecule has 0 saturated carbocycles. The lowest BCUT2D eigenvalue weighted by molar-refractivity contribution is 0.0993. The first-order chi connectivity index (χ1) is 14.4. The summed E-state index contributed by atoms with van der Waals surface area (Å²) in [6, 6.07) is 11.2. The molecular weight excluding hydrogens is 394 g/mol. The third kappa shape index (κ3) is 7.90. The number of rotatable bonds is 12. The molecule has 0 aromatic heterocycles. The zero-order valence-electron chi connectivity index (χ0n) is 16.4. The van der Waals surface area contributed by atoms with E-state index in [2.05, 4.69) is 17.2 Å². The highest BCUT2D eigenvalue weighted by molar-refractivity contribution is 5.65. The summed E-state index contributed by atoms with van der Waals surface area (Å²) in [5.41, 5.74) is 1.17. The van der Waals surface area contributed by atoms with Crippen molar-refractivity contribution in [2.45, 2.75) is 24.6 Å². The number of carboxylic acid groups (broad SMARTS) is 1. The normalized spacial score (nSPS) is 14.0. The number of ether oxygens (including phenoxy) is 1.